The standard InChI is InChI=1S/C34H29F3N2O6/c1-39(2)32(42)28-20-21(6-5-9-30(40)45-25-17-13-23(14-18-25)33(43)44)10-19-29(28)38-31(41)27-8-4-3-7-26(27)22-11-15-24(16-12-22)34(35,36)37/h3-4,7-8,10-20H,5-6,9H2,1-2H3,(H,38,41)(H,43,44). The van der Waals surface area contributed by atoms with E-state index >= 15 is 0 Å². The molecule has 0 aliphatic rings. The Labute approximate surface area is 257 Å². The minimum Gasteiger partial charge on any atom is -0.478 e. The highest BCUT2D eigenvalue weighted by molar-refractivity contribution is 6.11. The van der Waals surface area contributed by atoms with E-state index in [1.165, 1.54) is 41.3 Å². The molecular formula is C34H29F3N2O6. The molecule has 2 amide bonds. The lowest BCUT2D eigenvalue weighted by atomic mass is 9.97. The fourth-order valence-corrected chi connectivity index (χ4v) is 4.52. The number of alkyl halides is 3. The SMILES string of the molecule is CN(C)C(=O)c1cc(CCCC(=O)Oc2ccc(C(=O)O)cc2)ccc1NC(=O)c1ccccc1-c1ccc(C(F)(F)F)cc1. The van der Waals surface area contributed by atoms with Crippen molar-refractivity contribution in [3.63, 3.8) is 0 Å². The third-order valence-corrected chi connectivity index (χ3v) is 6.84. The predicted octanol–water partition coefficient (Wildman–Crippen LogP) is 6.95. The second kappa shape index (κ2) is 13.9. The van der Waals surface area contributed by atoms with Gasteiger partial charge in [0.25, 0.3) is 11.8 Å². The van der Waals surface area contributed by atoms with Crippen LogP contribution in [0, 0.1) is 0 Å². The molecule has 45 heavy (non-hydrogen) atoms. The Hall–Kier alpha value is -5.45. The number of nitrogens with zero attached hydrogens (tertiary/aromatic N) is 1. The van der Waals surface area contributed by atoms with Crippen LogP contribution in [0.4, 0.5) is 18.9 Å². The molecule has 0 aliphatic heterocycles. The van der Waals surface area contributed by atoms with Crippen LogP contribution >= 0.6 is 0 Å². The van der Waals surface area contributed by atoms with Crippen LogP contribution in [0.1, 0.15) is 55.0 Å². The first-order valence-corrected chi connectivity index (χ1v) is 13.8. The van der Waals surface area contributed by atoms with Gasteiger partial charge in [-0.25, -0.2) is 4.79 Å². The van der Waals surface area contributed by atoms with Gasteiger partial charge < -0.3 is 20.1 Å². The fourth-order valence-electron chi connectivity index (χ4n) is 4.52. The monoisotopic (exact) mass is 618 g/mol. The number of carbonyl (C=O) groups is 4. The van der Waals surface area contributed by atoms with Crippen LogP contribution in [0.15, 0.2) is 91.0 Å². The summed E-state index contributed by atoms with van der Waals surface area (Å²) in [6.45, 7) is 0. The van der Waals surface area contributed by atoms with Gasteiger partial charge in [-0.15, -0.1) is 0 Å². The van der Waals surface area contributed by atoms with E-state index in [0.717, 1.165) is 17.7 Å². The maximum atomic E-state index is 13.4. The highest BCUT2D eigenvalue weighted by Crippen LogP contribution is 2.32. The zero-order valence-corrected chi connectivity index (χ0v) is 24.4. The lowest BCUT2D eigenvalue weighted by molar-refractivity contribution is -0.137. The molecule has 0 aliphatic carbocycles. The molecule has 0 saturated heterocycles. The number of carbonyl (C=O) groups excluding carboxylic acids is 3. The topological polar surface area (TPSA) is 113 Å². The van der Waals surface area contributed by atoms with E-state index in [1.54, 1.807) is 56.6 Å². The highest BCUT2D eigenvalue weighted by Gasteiger charge is 2.30. The number of nitrogens with one attached hydrogen (secondary N) is 1. The van der Waals surface area contributed by atoms with Crippen molar-refractivity contribution in [1.29, 1.82) is 0 Å². The molecule has 0 fully saturated rings. The summed E-state index contributed by atoms with van der Waals surface area (Å²) >= 11 is 0. The zero-order valence-electron chi connectivity index (χ0n) is 24.4. The molecule has 0 bridgehead atoms. The number of halogens is 3. The number of esters is 1. The van der Waals surface area contributed by atoms with Crippen molar-refractivity contribution in [1.82, 2.24) is 4.90 Å². The largest absolute Gasteiger partial charge is 0.478 e. The van der Waals surface area contributed by atoms with Crippen LogP contribution in [0.2, 0.25) is 0 Å². The molecular weight excluding hydrogens is 589 g/mol. The van der Waals surface area contributed by atoms with Crippen LogP contribution in [0.5, 0.6) is 5.75 Å². The molecule has 0 saturated carbocycles. The van der Waals surface area contributed by atoms with E-state index in [1.807, 2.05) is 0 Å². The third-order valence-electron chi connectivity index (χ3n) is 6.84. The Balaban J connectivity index is 1.47. The van der Waals surface area contributed by atoms with Crippen molar-refractivity contribution < 1.29 is 42.2 Å². The van der Waals surface area contributed by atoms with E-state index in [2.05, 4.69) is 5.32 Å². The van der Waals surface area contributed by atoms with E-state index in [9.17, 15) is 32.3 Å². The number of aryl methyl sites for hydroxylation is 1. The van der Waals surface area contributed by atoms with Crippen molar-refractivity contribution in [2.75, 3.05) is 19.4 Å². The predicted molar refractivity (Wildman–Crippen MR) is 161 cm³/mol. The van der Waals surface area contributed by atoms with Gasteiger partial charge in [-0.3, -0.25) is 14.4 Å². The molecule has 4 aromatic rings. The molecule has 11 heteroatoms. The molecule has 0 heterocycles. The summed E-state index contributed by atoms with van der Waals surface area (Å²) in [7, 11) is 3.14. The first-order chi connectivity index (χ1) is 21.3. The van der Waals surface area contributed by atoms with Gasteiger partial charge in [0, 0.05) is 26.1 Å². The van der Waals surface area contributed by atoms with E-state index in [-0.39, 0.29) is 40.5 Å². The number of anilines is 1. The zero-order chi connectivity index (χ0) is 32.7. The minimum absolute atomic E-state index is 0.0663. The quantitative estimate of drug-likeness (QED) is 0.147. The maximum absolute atomic E-state index is 13.4. The molecule has 8 nitrogen and oxygen atoms in total. The van der Waals surface area contributed by atoms with Crippen molar-refractivity contribution >= 4 is 29.4 Å². The molecule has 0 radical (unpaired) electrons. The van der Waals surface area contributed by atoms with E-state index < -0.39 is 29.6 Å². The van der Waals surface area contributed by atoms with Gasteiger partial charge in [0.2, 0.25) is 0 Å². The first kappa shape index (κ1) is 32.5. The highest BCUT2D eigenvalue weighted by atomic mass is 19.4. The normalized spacial score (nSPS) is 11.0. The molecule has 0 spiro atoms. The lowest BCUT2D eigenvalue weighted by Crippen LogP contribution is -2.24. The molecule has 232 valence electrons. The summed E-state index contributed by atoms with van der Waals surface area (Å²) in [6.07, 6.45) is -3.60. The number of aromatic carboxylic acids is 1. The maximum Gasteiger partial charge on any atom is 0.416 e. The van der Waals surface area contributed by atoms with E-state index in [4.69, 9.17) is 9.84 Å². The second-order valence-corrected chi connectivity index (χ2v) is 10.3. The number of benzene rings is 4. The summed E-state index contributed by atoms with van der Waals surface area (Å²) in [5.41, 5.74) is 1.52. The fraction of sp³-hybridized carbons (Fsp3) is 0.176. The summed E-state index contributed by atoms with van der Waals surface area (Å²) in [5.74, 6) is -2.28. The van der Waals surface area contributed by atoms with Gasteiger partial charge in [0.15, 0.2) is 0 Å². The second-order valence-electron chi connectivity index (χ2n) is 10.3. The van der Waals surface area contributed by atoms with Crippen molar-refractivity contribution in [3.8, 4) is 16.9 Å². The van der Waals surface area contributed by atoms with Gasteiger partial charge in [0.05, 0.1) is 22.4 Å². The Morgan fingerprint density at radius 3 is 2.13 bits per heavy atom. The molecule has 0 atom stereocenters. The Morgan fingerprint density at radius 2 is 1.51 bits per heavy atom. The smallest absolute Gasteiger partial charge is 0.416 e. The van der Waals surface area contributed by atoms with Gasteiger partial charge in [0.1, 0.15) is 5.75 Å². The number of carboxylic acid groups (broad SMARTS) is 1. The summed E-state index contributed by atoms with van der Waals surface area (Å²) < 4.78 is 44.4. The van der Waals surface area contributed by atoms with Gasteiger partial charge in [-0.2, -0.15) is 13.2 Å². The van der Waals surface area contributed by atoms with Crippen LogP contribution in [0.3, 0.4) is 0 Å². The Morgan fingerprint density at radius 1 is 0.844 bits per heavy atom. The number of amides is 2. The Kier molecular flexibility index (Phi) is 10.0. The number of carboxylic acids is 1. The average molecular weight is 619 g/mol. The number of hydrogen-bond donors (Lipinski definition) is 2. The van der Waals surface area contributed by atoms with Gasteiger partial charge >= 0.3 is 18.1 Å². The average Bonchev–Trinajstić information content (AvgIpc) is 3.01. The molecule has 0 unspecified atom stereocenters. The third kappa shape index (κ3) is 8.35. The van der Waals surface area contributed by atoms with Gasteiger partial charge in [-0.1, -0.05) is 36.4 Å². The van der Waals surface area contributed by atoms with E-state index in [0.29, 0.717) is 24.0 Å². The van der Waals surface area contributed by atoms with Crippen LogP contribution in [0.25, 0.3) is 11.1 Å². The lowest BCUT2D eigenvalue weighted by Gasteiger charge is -2.17. The molecule has 4 rings (SSSR count). The summed E-state index contributed by atoms with van der Waals surface area (Å²) in [5, 5.41) is 11.8. The first-order valence-electron chi connectivity index (χ1n) is 13.8. The summed E-state index contributed by atoms with van der Waals surface area (Å²) in [4.78, 5) is 51.1. The molecule has 0 aromatic heterocycles. The molecule has 2 N–H and O–H groups in total. The number of ether oxygens (including phenoxy) is 1. The van der Waals surface area contributed by atoms with Crippen LogP contribution in [-0.2, 0) is 17.4 Å². The number of hydrogen-bond acceptors (Lipinski definition) is 5. The van der Waals surface area contributed by atoms with Gasteiger partial charge in [-0.05, 0) is 84.1 Å². The number of rotatable bonds is 10. The van der Waals surface area contributed by atoms with Crippen LogP contribution in [-0.4, -0.2) is 47.9 Å². The van der Waals surface area contributed by atoms with Crippen molar-refractivity contribution in [2.24, 2.45) is 0 Å². The summed E-state index contributed by atoms with van der Waals surface area (Å²) in [6, 6.07) is 21.4. The minimum atomic E-state index is -4.49. The van der Waals surface area contributed by atoms with Crippen LogP contribution < -0.4 is 10.1 Å². The Bertz CT molecular complexity index is 1720. The molecule has 4 aromatic carbocycles. The van der Waals surface area contributed by atoms with Crippen molar-refractivity contribution in [3.05, 3.63) is 119 Å². The van der Waals surface area contributed by atoms with Crippen molar-refractivity contribution in [2.45, 2.75) is 25.4 Å².